The average Bonchev–Trinajstić information content (AvgIpc) is 2.37. The third-order valence-electron chi connectivity index (χ3n) is 3.67. The van der Waals surface area contributed by atoms with E-state index in [2.05, 4.69) is 10.6 Å². The summed E-state index contributed by atoms with van der Waals surface area (Å²) in [5.41, 5.74) is -0.728. The molecule has 0 saturated heterocycles. The van der Waals surface area contributed by atoms with Crippen molar-refractivity contribution in [1.82, 2.24) is 5.32 Å². The van der Waals surface area contributed by atoms with Gasteiger partial charge in [-0.05, 0) is 18.9 Å². The standard InChI is InChI=1S/C13H15N3O5/c17-11(18)13(5-2-6-13)8-14-12(19)15-9-3-1-4-10(7-9)16(20)21/h1,3-4,7H,2,5-6,8H2,(H,17,18)(H2,14,15,19). The fourth-order valence-electron chi connectivity index (χ4n) is 2.19. The highest BCUT2D eigenvalue weighted by Crippen LogP contribution is 2.40. The van der Waals surface area contributed by atoms with E-state index in [9.17, 15) is 19.7 Å². The van der Waals surface area contributed by atoms with Crippen LogP contribution in [0.25, 0.3) is 0 Å². The number of nitrogens with zero attached hydrogens (tertiary/aromatic N) is 1. The number of hydrogen-bond acceptors (Lipinski definition) is 4. The molecule has 1 aliphatic rings. The smallest absolute Gasteiger partial charge is 0.319 e. The number of nitro groups is 1. The summed E-state index contributed by atoms with van der Waals surface area (Å²) < 4.78 is 0. The van der Waals surface area contributed by atoms with Crippen LogP contribution in [0.1, 0.15) is 19.3 Å². The maximum Gasteiger partial charge on any atom is 0.319 e. The van der Waals surface area contributed by atoms with Crippen molar-refractivity contribution in [3.05, 3.63) is 34.4 Å². The lowest BCUT2D eigenvalue weighted by molar-refractivity contribution is -0.384. The van der Waals surface area contributed by atoms with Crippen LogP contribution < -0.4 is 10.6 Å². The zero-order valence-electron chi connectivity index (χ0n) is 11.2. The van der Waals surface area contributed by atoms with Gasteiger partial charge in [-0.1, -0.05) is 12.5 Å². The van der Waals surface area contributed by atoms with Crippen molar-refractivity contribution in [1.29, 1.82) is 0 Å². The maximum atomic E-state index is 11.7. The largest absolute Gasteiger partial charge is 0.481 e. The zero-order valence-corrected chi connectivity index (χ0v) is 11.2. The van der Waals surface area contributed by atoms with Gasteiger partial charge in [0.1, 0.15) is 0 Å². The predicted molar refractivity (Wildman–Crippen MR) is 74.0 cm³/mol. The molecule has 3 N–H and O–H groups in total. The number of nitro benzene ring substituents is 1. The van der Waals surface area contributed by atoms with Crippen molar-refractivity contribution in [2.24, 2.45) is 5.41 Å². The fourth-order valence-corrected chi connectivity index (χ4v) is 2.19. The molecule has 112 valence electrons. The van der Waals surface area contributed by atoms with E-state index >= 15 is 0 Å². The van der Waals surface area contributed by atoms with Gasteiger partial charge in [-0.2, -0.15) is 0 Å². The molecule has 0 aliphatic heterocycles. The zero-order chi connectivity index (χ0) is 15.5. The molecule has 1 aliphatic carbocycles. The number of nitrogens with one attached hydrogen (secondary N) is 2. The molecule has 0 spiro atoms. The first-order chi connectivity index (χ1) is 9.93. The van der Waals surface area contributed by atoms with Crippen LogP contribution in [0.2, 0.25) is 0 Å². The highest BCUT2D eigenvalue weighted by atomic mass is 16.6. The summed E-state index contributed by atoms with van der Waals surface area (Å²) >= 11 is 0. The number of hydrogen-bond donors (Lipinski definition) is 3. The van der Waals surface area contributed by atoms with Gasteiger partial charge in [-0.3, -0.25) is 14.9 Å². The van der Waals surface area contributed by atoms with Crippen LogP contribution in [0.3, 0.4) is 0 Å². The number of amides is 2. The van der Waals surface area contributed by atoms with Gasteiger partial charge >= 0.3 is 12.0 Å². The van der Waals surface area contributed by atoms with Gasteiger partial charge < -0.3 is 15.7 Å². The highest BCUT2D eigenvalue weighted by molar-refractivity contribution is 5.90. The summed E-state index contributed by atoms with van der Waals surface area (Å²) in [4.78, 5) is 32.9. The topological polar surface area (TPSA) is 122 Å². The third kappa shape index (κ3) is 3.28. The first-order valence-corrected chi connectivity index (χ1v) is 6.46. The maximum absolute atomic E-state index is 11.7. The summed E-state index contributed by atoms with van der Waals surface area (Å²) in [5.74, 6) is -0.913. The summed E-state index contributed by atoms with van der Waals surface area (Å²) in [6, 6.07) is 4.94. The predicted octanol–water partition coefficient (Wildman–Crippen LogP) is 1.97. The molecule has 1 aromatic rings. The lowest BCUT2D eigenvalue weighted by Gasteiger charge is -2.37. The molecule has 1 fully saturated rings. The van der Waals surface area contributed by atoms with Gasteiger partial charge in [0.05, 0.1) is 10.3 Å². The van der Waals surface area contributed by atoms with Crippen LogP contribution in [0.5, 0.6) is 0 Å². The third-order valence-corrected chi connectivity index (χ3v) is 3.67. The fraction of sp³-hybridized carbons (Fsp3) is 0.385. The number of anilines is 1. The number of carbonyl (C=O) groups excluding carboxylic acids is 1. The molecule has 2 rings (SSSR count). The molecule has 0 atom stereocenters. The molecule has 1 aromatic carbocycles. The second-order valence-electron chi connectivity index (χ2n) is 5.05. The van der Waals surface area contributed by atoms with Gasteiger partial charge in [0.2, 0.25) is 0 Å². The summed E-state index contributed by atoms with van der Waals surface area (Å²) in [6.45, 7) is 0.0447. The van der Waals surface area contributed by atoms with Crippen molar-refractivity contribution in [3.8, 4) is 0 Å². The SMILES string of the molecule is O=C(NCC1(C(=O)O)CCC1)Nc1cccc([N+](=O)[O-])c1. The van der Waals surface area contributed by atoms with E-state index in [1.54, 1.807) is 0 Å². The van der Waals surface area contributed by atoms with Gasteiger partial charge in [0.25, 0.3) is 5.69 Å². The van der Waals surface area contributed by atoms with Crippen molar-refractivity contribution in [3.63, 3.8) is 0 Å². The summed E-state index contributed by atoms with van der Waals surface area (Å²) in [6.07, 6.45) is 1.92. The van der Waals surface area contributed by atoms with E-state index in [0.717, 1.165) is 6.42 Å². The Bertz CT molecular complexity index is 583. The lowest BCUT2D eigenvalue weighted by atomic mass is 9.69. The molecule has 21 heavy (non-hydrogen) atoms. The second-order valence-corrected chi connectivity index (χ2v) is 5.05. The number of aliphatic carboxylic acids is 1. The van der Waals surface area contributed by atoms with E-state index in [1.165, 1.54) is 24.3 Å². The van der Waals surface area contributed by atoms with Crippen molar-refractivity contribution >= 4 is 23.4 Å². The van der Waals surface area contributed by atoms with Gasteiger partial charge in [-0.25, -0.2) is 4.79 Å². The first kappa shape index (κ1) is 14.8. The van der Waals surface area contributed by atoms with E-state index in [1.807, 2.05) is 0 Å². The number of non-ortho nitro benzene ring substituents is 1. The quantitative estimate of drug-likeness (QED) is 0.566. The molecule has 0 unspecified atom stereocenters. The van der Waals surface area contributed by atoms with Crippen LogP contribution in [0.15, 0.2) is 24.3 Å². The number of urea groups is 1. The summed E-state index contributed by atoms with van der Waals surface area (Å²) in [5, 5.41) is 24.7. The van der Waals surface area contributed by atoms with Crippen LogP contribution in [-0.4, -0.2) is 28.6 Å². The Kier molecular flexibility index (Phi) is 4.06. The normalized spacial score (nSPS) is 15.6. The minimum Gasteiger partial charge on any atom is -0.481 e. The monoisotopic (exact) mass is 293 g/mol. The van der Waals surface area contributed by atoms with Crippen LogP contribution in [0.4, 0.5) is 16.2 Å². The Morgan fingerprint density at radius 2 is 2.10 bits per heavy atom. The van der Waals surface area contributed by atoms with Crippen LogP contribution >= 0.6 is 0 Å². The molecule has 0 bridgehead atoms. The molecular weight excluding hydrogens is 278 g/mol. The Balaban J connectivity index is 1.91. The van der Waals surface area contributed by atoms with Crippen molar-refractivity contribution in [2.75, 3.05) is 11.9 Å². The van der Waals surface area contributed by atoms with Crippen LogP contribution in [0, 0.1) is 15.5 Å². The molecular formula is C13H15N3O5. The number of carbonyl (C=O) groups is 2. The minimum atomic E-state index is -0.913. The molecule has 8 nitrogen and oxygen atoms in total. The second kappa shape index (κ2) is 5.78. The number of carboxylic acids is 1. The van der Waals surface area contributed by atoms with Crippen molar-refractivity contribution in [2.45, 2.75) is 19.3 Å². The van der Waals surface area contributed by atoms with E-state index in [-0.39, 0.29) is 17.9 Å². The first-order valence-electron chi connectivity index (χ1n) is 6.46. The number of benzene rings is 1. The highest BCUT2D eigenvalue weighted by Gasteiger charge is 2.44. The average molecular weight is 293 g/mol. The van der Waals surface area contributed by atoms with Crippen LogP contribution in [-0.2, 0) is 4.79 Å². The Morgan fingerprint density at radius 1 is 1.38 bits per heavy atom. The Morgan fingerprint density at radius 3 is 2.62 bits per heavy atom. The van der Waals surface area contributed by atoms with Gasteiger partial charge in [-0.15, -0.1) is 0 Å². The molecule has 1 saturated carbocycles. The lowest BCUT2D eigenvalue weighted by Crippen LogP contribution is -2.48. The van der Waals surface area contributed by atoms with Crippen molar-refractivity contribution < 1.29 is 19.6 Å². The molecule has 8 heteroatoms. The molecule has 2 amide bonds. The van der Waals surface area contributed by atoms with E-state index in [0.29, 0.717) is 12.8 Å². The molecule has 0 radical (unpaired) electrons. The number of rotatable bonds is 5. The minimum absolute atomic E-state index is 0.0447. The van der Waals surface area contributed by atoms with Gasteiger partial charge in [0.15, 0.2) is 0 Å². The van der Waals surface area contributed by atoms with E-state index in [4.69, 9.17) is 5.11 Å². The molecule has 0 heterocycles. The Hall–Kier alpha value is -2.64. The Labute approximate surface area is 120 Å². The molecule has 0 aromatic heterocycles. The van der Waals surface area contributed by atoms with Gasteiger partial charge in [0, 0.05) is 24.4 Å². The summed E-state index contributed by atoms with van der Waals surface area (Å²) in [7, 11) is 0. The number of carboxylic acid groups (broad SMARTS) is 1. The van der Waals surface area contributed by atoms with E-state index < -0.39 is 22.3 Å².